The van der Waals surface area contributed by atoms with E-state index >= 15 is 0 Å². The topological polar surface area (TPSA) is 84.0 Å². The minimum atomic E-state index is -3.58. The molecule has 0 aliphatic carbocycles. The third-order valence-electron chi connectivity index (χ3n) is 3.26. The molecule has 0 unspecified atom stereocenters. The second-order valence-corrected chi connectivity index (χ2v) is 8.03. The van der Waals surface area contributed by atoms with Crippen molar-refractivity contribution in [1.82, 2.24) is 14.1 Å². The van der Waals surface area contributed by atoms with Crippen molar-refractivity contribution in [3.63, 3.8) is 0 Å². The first-order chi connectivity index (χ1) is 12.0. The summed E-state index contributed by atoms with van der Waals surface area (Å²) in [6, 6.07) is 15.8. The van der Waals surface area contributed by atoms with Gasteiger partial charge in [-0.15, -0.1) is 0 Å². The Bertz CT molecular complexity index is 946. The molecule has 2 N–H and O–H groups in total. The Hall–Kier alpha value is -2.00. The maximum absolute atomic E-state index is 12.2. The van der Waals surface area contributed by atoms with E-state index in [4.69, 9.17) is 11.6 Å². The van der Waals surface area contributed by atoms with Gasteiger partial charge in [0.05, 0.1) is 4.90 Å². The molecule has 0 bridgehead atoms. The van der Waals surface area contributed by atoms with Gasteiger partial charge in [-0.05, 0) is 18.2 Å². The van der Waals surface area contributed by atoms with Crippen molar-refractivity contribution >= 4 is 38.3 Å². The monoisotopic (exact) mass is 394 g/mol. The van der Waals surface area contributed by atoms with Crippen molar-refractivity contribution in [2.24, 2.45) is 0 Å². The molecule has 25 heavy (non-hydrogen) atoms. The minimum Gasteiger partial charge on any atom is -0.359 e. The summed E-state index contributed by atoms with van der Waals surface area (Å²) in [5.74, 6) is 0.646. The van der Waals surface area contributed by atoms with Crippen molar-refractivity contribution in [3.8, 4) is 11.4 Å². The maximum Gasteiger partial charge on any atom is 0.240 e. The zero-order valence-electron chi connectivity index (χ0n) is 13.0. The Balaban J connectivity index is 1.53. The van der Waals surface area contributed by atoms with E-state index in [1.54, 1.807) is 12.1 Å². The lowest BCUT2D eigenvalue weighted by Gasteiger charge is -2.07. The van der Waals surface area contributed by atoms with Crippen LogP contribution in [-0.4, -0.2) is 30.9 Å². The molecule has 0 fully saturated rings. The number of aromatic nitrogens is 2. The van der Waals surface area contributed by atoms with Gasteiger partial charge in [-0.2, -0.15) is 9.36 Å². The van der Waals surface area contributed by atoms with Gasteiger partial charge in [0, 0.05) is 35.2 Å². The zero-order chi connectivity index (χ0) is 17.7. The van der Waals surface area contributed by atoms with Crippen LogP contribution in [0.1, 0.15) is 0 Å². The Morgan fingerprint density at radius 1 is 1.04 bits per heavy atom. The van der Waals surface area contributed by atoms with E-state index in [1.165, 1.54) is 23.7 Å². The Labute approximate surface area is 155 Å². The van der Waals surface area contributed by atoms with Crippen LogP contribution in [0.25, 0.3) is 11.4 Å². The number of nitrogens with one attached hydrogen (secondary N) is 2. The van der Waals surface area contributed by atoms with Gasteiger partial charge in [0.15, 0.2) is 5.82 Å². The molecule has 0 saturated heterocycles. The second kappa shape index (κ2) is 7.92. The standard InChI is InChI=1S/C16H15ClN4O2S2/c17-13-7-4-8-14(11-13)25(22,23)19-10-9-18-16-20-15(21-24-16)12-5-2-1-3-6-12/h1-8,11,19H,9-10H2,(H,18,20,21). The van der Waals surface area contributed by atoms with Gasteiger partial charge in [-0.25, -0.2) is 13.1 Å². The summed E-state index contributed by atoms with van der Waals surface area (Å²) in [6.07, 6.45) is 0. The highest BCUT2D eigenvalue weighted by Crippen LogP contribution is 2.20. The molecular formula is C16H15ClN4O2S2. The number of anilines is 1. The normalized spacial score (nSPS) is 11.4. The molecule has 6 nitrogen and oxygen atoms in total. The zero-order valence-corrected chi connectivity index (χ0v) is 15.4. The summed E-state index contributed by atoms with van der Waals surface area (Å²) in [5.41, 5.74) is 0.938. The molecule has 9 heteroatoms. The van der Waals surface area contributed by atoms with Gasteiger partial charge < -0.3 is 5.32 Å². The van der Waals surface area contributed by atoms with Crippen LogP contribution < -0.4 is 10.0 Å². The van der Waals surface area contributed by atoms with Gasteiger partial charge >= 0.3 is 0 Å². The maximum atomic E-state index is 12.2. The number of hydrogen-bond donors (Lipinski definition) is 2. The summed E-state index contributed by atoms with van der Waals surface area (Å²) in [4.78, 5) is 4.53. The van der Waals surface area contributed by atoms with Crippen LogP contribution in [0.4, 0.5) is 5.13 Å². The van der Waals surface area contributed by atoms with Gasteiger partial charge in [-0.3, -0.25) is 0 Å². The van der Waals surface area contributed by atoms with Gasteiger partial charge in [0.25, 0.3) is 0 Å². The van der Waals surface area contributed by atoms with Crippen molar-refractivity contribution in [2.45, 2.75) is 4.90 Å². The highest BCUT2D eigenvalue weighted by atomic mass is 35.5. The molecule has 0 amide bonds. The van der Waals surface area contributed by atoms with Gasteiger partial charge in [0.1, 0.15) is 0 Å². The summed E-state index contributed by atoms with van der Waals surface area (Å²) in [7, 11) is -3.58. The number of rotatable bonds is 7. The fourth-order valence-corrected chi connectivity index (χ4v) is 4.02. The largest absolute Gasteiger partial charge is 0.359 e. The molecule has 0 radical (unpaired) electrons. The predicted octanol–water partition coefficient (Wildman–Crippen LogP) is 3.25. The fraction of sp³-hybridized carbons (Fsp3) is 0.125. The Morgan fingerprint density at radius 3 is 2.60 bits per heavy atom. The number of benzene rings is 2. The van der Waals surface area contributed by atoms with Crippen LogP contribution in [0, 0.1) is 0 Å². The highest BCUT2D eigenvalue weighted by molar-refractivity contribution is 7.89. The Morgan fingerprint density at radius 2 is 1.84 bits per heavy atom. The number of halogens is 1. The van der Waals surface area contributed by atoms with Crippen molar-refractivity contribution in [3.05, 3.63) is 59.6 Å². The number of sulfonamides is 1. The first-order valence-electron chi connectivity index (χ1n) is 7.43. The molecule has 0 aliphatic heterocycles. The average Bonchev–Trinajstić information content (AvgIpc) is 3.08. The highest BCUT2D eigenvalue weighted by Gasteiger charge is 2.13. The molecule has 3 rings (SSSR count). The minimum absolute atomic E-state index is 0.141. The summed E-state index contributed by atoms with van der Waals surface area (Å²) in [6.45, 7) is 0.609. The molecule has 2 aromatic carbocycles. The van der Waals surface area contributed by atoms with E-state index in [1.807, 2.05) is 30.3 Å². The van der Waals surface area contributed by atoms with Gasteiger partial charge in [-0.1, -0.05) is 48.0 Å². The molecule has 0 aliphatic rings. The van der Waals surface area contributed by atoms with Crippen LogP contribution >= 0.6 is 23.1 Å². The molecule has 0 atom stereocenters. The van der Waals surface area contributed by atoms with Crippen molar-refractivity contribution < 1.29 is 8.42 Å². The lowest BCUT2D eigenvalue weighted by molar-refractivity contribution is 0.583. The second-order valence-electron chi connectivity index (χ2n) is 5.07. The molecule has 130 valence electrons. The van der Waals surface area contributed by atoms with Crippen molar-refractivity contribution in [1.29, 1.82) is 0 Å². The van der Waals surface area contributed by atoms with E-state index < -0.39 is 10.0 Å². The van der Waals surface area contributed by atoms with Crippen LogP contribution in [0.15, 0.2) is 59.5 Å². The molecule has 0 saturated carbocycles. The number of nitrogens with zero attached hydrogens (tertiary/aromatic N) is 2. The van der Waals surface area contributed by atoms with Gasteiger partial charge in [0.2, 0.25) is 15.2 Å². The molecule has 3 aromatic rings. The van der Waals surface area contributed by atoms with Crippen LogP contribution in [0.5, 0.6) is 0 Å². The molecular weight excluding hydrogens is 380 g/mol. The fourth-order valence-electron chi connectivity index (χ4n) is 2.07. The summed E-state index contributed by atoms with van der Waals surface area (Å²) in [5, 5.41) is 4.08. The SMILES string of the molecule is O=S(=O)(NCCNc1nc(-c2ccccc2)ns1)c1cccc(Cl)c1. The third-order valence-corrected chi connectivity index (χ3v) is 5.62. The smallest absolute Gasteiger partial charge is 0.240 e. The molecule has 1 heterocycles. The van der Waals surface area contributed by atoms with E-state index in [0.29, 0.717) is 22.5 Å². The average molecular weight is 395 g/mol. The third kappa shape index (κ3) is 4.76. The summed E-state index contributed by atoms with van der Waals surface area (Å²) >= 11 is 7.06. The summed E-state index contributed by atoms with van der Waals surface area (Å²) < 4.78 is 31.1. The first-order valence-corrected chi connectivity index (χ1v) is 10.1. The van der Waals surface area contributed by atoms with E-state index in [9.17, 15) is 8.42 Å². The predicted molar refractivity (Wildman–Crippen MR) is 100 cm³/mol. The quantitative estimate of drug-likeness (QED) is 0.601. The van der Waals surface area contributed by atoms with E-state index in [-0.39, 0.29) is 11.4 Å². The Kier molecular flexibility index (Phi) is 5.64. The first kappa shape index (κ1) is 17.8. The van der Waals surface area contributed by atoms with E-state index in [0.717, 1.165) is 5.56 Å². The van der Waals surface area contributed by atoms with Crippen LogP contribution in [0.2, 0.25) is 5.02 Å². The molecule has 0 spiro atoms. The van der Waals surface area contributed by atoms with Crippen molar-refractivity contribution in [2.75, 3.05) is 18.4 Å². The van der Waals surface area contributed by atoms with Crippen LogP contribution in [0.3, 0.4) is 0 Å². The van der Waals surface area contributed by atoms with E-state index in [2.05, 4.69) is 19.4 Å². The molecule has 1 aromatic heterocycles. The lowest BCUT2D eigenvalue weighted by atomic mass is 10.2. The lowest BCUT2D eigenvalue weighted by Crippen LogP contribution is -2.28. The number of hydrogen-bond acceptors (Lipinski definition) is 6. The van der Waals surface area contributed by atoms with Crippen LogP contribution in [-0.2, 0) is 10.0 Å².